The first-order chi connectivity index (χ1) is 9.69. The van der Waals surface area contributed by atoms with Gasteiger partial charge in [-0.3, -0.25) is 0 Å². The summed E-state index contributed by atoms with van der Waals surface area (Å²) < 4.78 is 0. The zero-order valence-corrected chi connectivity index (χ0v) is 13.0. The van der Waals surface area contributed by atoms with Crippen LogP contribution < -0.4 is 10.2 Å². The summed E-state index contributed by atoms with van der Waals surface area (Å²) >= 11 is 0. The second kappa shape index (κ2) is 7.55. The van der Waals surface area contributed by atoms with E-state index in [1.165, 1.54) is 18.4 Å². The van der Waals surface area contributed by atoms with Crippen molar-refractivity contribution in [3.05, 3.63) is 18.0 Å². The van der Waals surface area contributed by atoms with Crippen molar-refractivity contribution >= 4 is 5.95 Å². The Labute approximate surface area is 122 Å². The van der Waals surface area contributed by atoms with Gasteiger partial charge >= 0.3 is 0 Å². The van der Waals surface area contributed by atoms with E-state index < -0.39 is 0 Å². The topological polar surface area (TPSA) is 44.3 Å². The molecule has 1 aliphatic rings. The molecule has 0 spiro atoms. The van der Waals surface area contributed by atoms with Gasteiger partial charge in [-0.15, -0.1) is 0 Å². The monoisotopic (exact) mass is 277 g/mol. The Kier molecular flexibility index (Phi) is 5.73. The number of hydrogen-bond donors (Lipinski definition) is 1. The van der Waals surface area contributed by atoms with Crippen molar-refractivity contribution in [3.8, 4) is 0 Å². The maximum atomic E-state index is 4.53. The summed E-state index contributed by atoms with van der Waals surface area (Å²) in [6, 6.07) is 0.728. The number of likely N-dealkylation sites (N-methyl/N-ethyl adjacent to an activating group) is 1. The van der Waals surface area contributed by atoms with Gasteiger partial charge in [0.05, 0.1) is 0 Å². The minimum Gasteiger partial charge on any atom is -0.340 e. The second-order valence-corrected chi connectivity index (χ2v) is 5.84. The average Bonchev–Trinajstić information content (AvgIpc) is 3.26. The van der Waals surface area contributed by atoms with Gasteiger partial charge in [0.2, 0.25) is 5.95 Å². The highest BCUT2D eigenvalue weighted by molar-refractivity contribution is 5.29. The van der Waals surface area contributed by atoms with Crippen LogP contribution in [0.4, 0.5) is 5.95 Å². The smallest absolute Gasteiger partial charge is 0.225 e. The van der Waals surface area contributed by atoms with Crippen LogP contribution in [0.5, 0.6) is 0 Å². The Morgan fingerprint density at radius 1 is 1.15 bits per heavy atom. The fourth-order valence-corrected chi connectivity index (χ4v) is 2.05. The molecule has 0 unspecified atom stereocenters. The quantitative estimate of drug-likeness (QED) is 0.741. The predicted octanol–water partition coefficient (Wildman–Crippen LogP) is 1.51. The lowest BCUT2D eigenvalue weighted by Crippen LogP contribution is -2.33. The van der Waals surface area contributed by atoms with E-state index in [0.29, 0.717) is 0 Å². The molecule has 0 amide bonds. The van der Waals surface area contributed by atoms with E-state index in [1.54, 1.807) is 0 Å². The van der Waals surface area contributed by atoms with Crippen molar-refractivity contribution in [3.63, 3.8) is 0 Å². The molecule has 1 aromatic rings. The van der Waals surface area contributed by atoms with Gasteiger partial charge in [0, 0.05) is 50.2 Å². The molecule has 1 aliphatic carbocycles. The fraction of sp³-hybridized carbons (Fsp3) is 0.733. The SMILES string of the molecule is CCCN(CCN(C)C)c1ncc(CNC2CC2)cn1. The van der Waals surface area contributed by atoms with E-state index in [2.05, 4.69) is 46.1 Å². The molecule has 112 valence electrons. The summed E-state index contributed by atoms with van der Waals surface area (Å²) in [7, 11) is 4.19. The third-order valence-corrected chi connectivity index (χ3v) is 3.46. The molecule has 20 heavy (non-hydrogen) atoms. The minimum atomic E-state index is 0.728. The summed E-state index contributed by atoms with van der Waals surface area (Å²) in [6.07, 6.45) is 7.65. The zero-order valence-electron chi connectivity index (χ0n) is 13.0. The Morgan fingerprint density at radius 3 is 2.40 bits per heavy atom. The van der Waals surface area contributed by atoms with Crippen LogP contribution in [0.15, 0.2) is 12.4 Å². The van der Waals surface area contributed by atoms with E-state index in [1.807, 2.05) is 12.4 Å². The first-order valence-corrected chi connectivity index (χ1v) is 7.63. The van der Waals surface area contributed by atoms with Crippen molar-refractivity contribution in [2.45, 2.75) is 38.8 Å². The number of hydrogen-bond acceptors (Lipinski definition) is 5. The highest BCUT2D eigenvalue weighted by Crippen LogP contribution is 2.19. The van der Waals surface area contributed by atoms with Crippen LogP contribution >= 0.6 is 0 Å². The average molecular weight is 277 g/mol. The molecule has 0 bridgehead atoms. The minimum absolute atomic E-state index is 0.728. The Hall–Kier alpha value is -1.20. The molecule has 5 heteroatoms. The highest BCUT2D eigenvalue weighted by atomic mass is 15.3. The molecule has 0 aromatic carbocycles. The summed E-state index contributed by atoms with van der Waals surface area (Å²) in [4.78, 5) is 13.5. The predicted molar refractivity (Wildman–Crippen MR) is 83.0 cm³/mol. The lowest BCUT2D eigenvalue weighted by atomic mass is 10.3. The van der Waals surface area contributed by atoms with Gasteiger partial charge in [0.1, 0.15) is 0 Å². The van der Waals surface area contributed by atoms with Crippen LogP contribution in [0.25, 0.3) is 0 Å². The fourth-order valence-electron chi connectivity index (χ4n) is 2.05. The zero-order chi connectivity index (χ0) is 14.4. The summed E-state index contributed by atoms with van der Waals surface area (Å²) in [5.41, 5.74) is 1.17. The van der Waals surface area contributed by atoms with Gasteiger partial charge in [-0.2, -0.15) is 0 Å². The highest BCUT2D eigenvalue weighted by Gasteiger charge is 2.20. The maximum Gasteiger partial charge on any atom is 0.225 e. The molecule has 0 saturated heterocycles. The third-order valence-electron chi connectivity index (χ3n) is 3.46. The van der Waals surface area contributed by atoms with Crippen LogP contribution in [-0.2, 0) is 6.54 Å². The molecule has 1 N–H and O–H groups in total. The Balaban J connectivity index is 1.89. The van der Waals surface area contributed by atoms with Gasteiger partial charge in [-0.05, 0) is 33.4 Å². The van der Waals surface area contributed by atoms with E-state index in [9.17, 15) is 0 Å². The van der Waals surface area contributed by atoms with Crippen molar-refractivity contribution in [2.75, 3.05) is 38.6 Å². The van der Waals surface area contributed by atoms with Crippen molar-refractivity contribution in [1.82, 2.24) is 20.2 Å². The molecular weight excluding hydrogens is 250 g/mol. The van der Waals surface area contributed by atoms with Crippen LogP contribution in [-0.4, -0.2) is 54.6 Å². The molecule has 1 saturated carbocycles. The third kappa shape index (κ3) is 5.06. The Morgan fingerprint density at radius 2 is 1.85 bits per heavy atom. The lowest BCUT2D eigenvalue weighted by Gasteiger charge is -2.23. The van der Waals surface area contributed by atoms with Gasteiger partial charge in [-0.25, -0.2) is 9.97 Å². The van der Waals surface area contributed by atoms with Gasteiger partial charge in [0.25, 0.3) is 0 Å². The number of anilines is 1. The molecular formula is C15H27N5. The number of nitrogens with zero attached hydrogens (tertiary/aromatic N) is 4. The van der Waals surface area contributed by atoms with Gasteiger partial charge in [0.15, 0.2) is 0 Å². The van der Waals surface area contributed by atoms with Crippen LogP contribution in [0.2, 0.25) is 0 Å². The van der Waals surface area contributed by atoms with E-state index in [-0.39, 0.29) is 0 Å². The van der Waals surface area contributed by atoms with Gasteiger partial charge < -0.3 is 15.1 Å². The van der Waals surface area contributed by atoms with Crippen LogP contribution in [0.3, 0.4) is 0 Å². The molecule has 0 radical (unpaired) electrons. The van der Waals surface area contributed by atoms with Gasteiger partial charge in [-0.1, -0.05) is 6.92 Å². The number of rotatable bonds is 9. The standard InChI is InChI=1S/C15H27N5/c1-4-7-20(9-8-19(2)3)15-17-11-13(12-18-15)10-16-14-5-6-14/h11-12,14,16H,4-10H2,1-3H3. The first kappa shape index (κ1) is 15.2. The van der Waals surface area contributed by atoms with E-state index in [0.717, 1.165) is 44.6 Å². The van der Waals surface area contributed by atoms with E-state index >= 15 is 0 Å². The first-order valence-electron chi connectivity index (χ1n) is 7.63. The summed E-state index contributed by atoms with van der Waals surface area (Å²) in [6.45, 7) is 6.08. The van der Waals surface area contributed by atoms with Crippen molar-refractivity contribution in [2.24, 2.45) is 0 Å². The molecule has 5 nitrogen and oxygen atoms in total. The summed E-state index contributed by atoms with van der Waals surface area (Å²) in [5, 5.41) is 3.49. The molecule has 1 fully saturated rings. The normalized spacial score (nSPS) is 14.8. The second-order valence-electron chi connectivity index (χ2n) is 5.84. The molecule has 0 aliphatic heterocycles. The van der Waals surface area contributed by atoms with Crippen LogP contribution in [0.1, 0.15) is 31.7 Å². The molecule has 0 atom stereocenters. The largest absolute Gasteiger partial charge is 0.340 e. The number of nitrogens with one attached hydrogen (secondary N) is 1. The number of aromatic nitrogens is 2. The Bertz CT molecular complexity index is 386. The van der Waals surface area contributed by atoms with Crippen LogP contribution in [0, 0.1) is 0 Å². The van der Waals surface area contributed by atoms with E-state index in [4.69, 9.17) is 0 Å². The summed E-state index contributed by atoms with van der Waals surface area (Å²) in [5.74, 6) is 0.851. The van der Waals surface area contributed by atoms with Crippen molar-refractivity contribution < 1.29 is 0 Å². The molecule has 1 aromatic heterocycles. The molecule has 2 rings (SSSR count). The van der Waals surface area contributed by atoms with Crippen molar-refractivity contribution in [1.29, 1.82) is 0 Å². The maximum absolute atomic E-state index is 4.53. The molecule has 1 heterocycles. The lowest BCUT2D eigenvalue weighted by molar-refractivity contribution is 0.411.